The summed E-state index contributed by atoms with van der Waals surface area (Å²) in [7, 11) is 3.15. The van der Waals surface area contributed by atoms with Crippen LogP contribution >= 0.6 is 11.8 Å². The molecule has 0 fully saturated rings. The van der Waals surface area contributed by atoms with Gasteiger partial charge in [-0.1, -0.05) is 42.1 Å². The first-order chi connectivity index (χ1) is 17.9. The van der Waals surface area contributed by atoms with Crippen LogP contribution in [0.15, 0.2) is 70.3 Å². The number of methoxy groups -OCH3 is 2. The first-order valence-corrected chi connectivity index (χ1v) is 12.5. The summed E-state index contributed by atoms with van der Waals surface area (Å²) < 4.78 is 17.8. The van der Waals surface area contributed by atoms with Crippen molar-refractivity contribution in [3.05, 3.63) is 66.4 Å². The minimum atomic E-state index is -0.312. The van der Waals surface area contributed by atoms with E-state index >= 15 is 0 Å². The second kappa shape index (κ2) is 11.6. The van der Waals surface area contributed by atoms with Crippen molar-refractivity contribution in [1.29, 1.82) is 5.26 Å². The van der Waals surface area contributed by atoms with Gasteiger partial charge in [0.2, 0.25) is 11.2 Å². The minimum absolute atomic E-state index is 0.0109. The number of hydrogen-bond donors (Lipinski definition) is 1. The van der Waals surface area contributed by atoms with Gasteiger partial charge < -0.3 is 9.47 Å². The molecule has 2 aromatic carbocycles. The highest BCUT2D eigenvalue weighted by atomic mass is 32.2. The van der Waals surface area contributed by atoms with Crippen molar-refractivity contribution >= 4 is 23.6 Å². The molecule has 188 valence electrons. The zero-order valence-electron chi connectivity index (χ0n) is 20.9. The summed E-state index contributed by atoms with van der Waals surface area (Å²) in [6, 6.07) is 19.3. The highest BCUT2D eigenvalue weighted by molar-refractivity contribution is 8.00. The summed E-state index contributed by atoms with van der Waals surface area (Å²) in [5.41, 5.74) is 3.19. The van der Waals surface area contributed by atoms with Crippen molar-refractivity contribution < 1.29 is 23.5 Å². The lowest BCUT2D eigenvalue weighted by atomic mass is 9.98. The van der Waals surface area contributed by atoms with Crippen molar-refractivity contribution in [2.24, 2.45) is 0 Å². The summed E-state index contributed by atoms with van der Waals surface area (Å²) in [6.07, 6.45) is 1.62. The van der Waals surface area contributed by atoms with Gasteiger partial charge in [0.05, 0.1) is 31.2 Å². The summed E-state index contributed by atoms with van der Waals surface area (Å²) in [5, 5.41) is 17.2. The Morgan fingerprint density at radius 1 is 1.14 bits per heavy atom. The zero-order chi connectivity index (χ0) is 26.4. The van der Waals surface area contributed by atoms with Crippen molar-refractivity contribution in [2.45, 2.75) is 24.9 Å². The Morgan fingerprint density at radius 3 is 2.57 bits per heavy atom. The molecule has 0 unspecified atom stereocenters. The highest BCUT2D eigenvalue weighted by Gasteiger charge is 2.21. The number of anilines is 1. The molecule has 1 N–H and O–H groups in total. The van der Waals surface area contributed by atoms with Crippen LogP contribution in [0.1, 0.15) is 25.5 Å². The van der Waals surface area contributed by atoms with E-state index < -0.39 is 0 Å². The Morgan fingerprint density at radius 2 is 1.92 bits per heavy atom. The SMILES string of the molecule is COc1ccc(OC)c(-c2cc(-c3ccccc3)nc(SCC(=O)Nc3c[n+](C(C)C)no3)c2C#N)c1. The van der Waals surface area contributed by atoms with Crippen molar-refractivity contribution in [1.82, 2.24) is 10.3 Å². The van der Waals surface area contributed by atoms with Crippen molar-refractivity contribution in [3.63, 3.8) is 0 Å². The van der Waals surface area contributed by atoms with Gasteiger partial charge in [-0.3, -0.25) is 14.6 Å². The number of thioether (sulfide) groups is 1. The van der Waals surface area contributed by atoms with E-state index in [0.717, 1.165) is 5.56 Å². The second-order valence-corrected chi connectivity index (χ2v) is 9.22. The third kappa shape index (κ3) is 5.90. The van der Waals surface area contributed by atoms with Crippen LogP contribution in [0.25, 0.3) is 22.4 Å². The predicted molar refractivity (Wildman–Crippen MR) is 139 cm³/mol. The van der Waals surface area contributed by atoms with Gasteiger partial charge in [-0.25, -0.2) is 4.98 Å². The summed E-state index contributed by atoms with van der Waals surface area (Å²) in [6.45, 7) is 3.90. The minimum Gasteiger partial charge on any atom is -0.497 e. The number of hydrogen-bond acceptors (Lipinski definition) is 8. The molecule has 0 aliphatic carbocycles. The zero-order valence-corrected chi connectivity index (χ0v) is 21.7. The summed E-state index contributed by atoms with van der Waals surface area (Å²) in [5.74, 6) is 1.15. The van der Waals surface area contributed by atoms with E-state index in [0.29, 0.717) is 38.9 Å². The molecule has 0 aliphatic rings. The number of nitrogens with zero attached hydrogens (tertiary/aromatic N) is 4. The fourth-order valence-electron chi connectivity index (χ4n) is 3.59. The van der Waals surface area contributed by atoms with E-state index in [4.69, 9.17) is 19.0 Å². The third-order valence-corrected chi connectivity index (χ3v) is 6.45. The van der Waals surface area contributed by atoms with E-state index in [1.807, 2.05) is 56.3 Å². The normalized spacial score (nSPS) is 10.7. The lowest BCUT2D eigenvalue weighted by molar-refractivity contribution is -0.779. The van der Waals surface area contributed by atoms with Crippen molar-refractivity contribution in [2.75, 3.05) is 25.3 Å². The molecule has 0 bridgehead atoms. The molecule has 1 amide bonds. The highest BCUT2D eigenvalue weighted by Crippen LogP contribution is 2.39. The number of nitrogens with one attached hydrogen (secondary N) is 1. The molecular weight excluding hydrogens is 490 g/mol. The van der Waals surface area contributed by atoms with E-state index in [1.165, 1.54) is 11.8 Å². The fourth-order valence-corrected chi connectivity index (χ4v) is 4.39. The van der Waals surface area contributed by atoms with Gasteiger partial charge in [0.1, 0.15) is 22.6 Å². The van der Waals surface area contributed by atoms with Crippen LogP contribution in [0.3, 0.4) is 0 Å². The number of benzene rings is 2. The topological polar surface area (TPSA) is 114 Å². The molecule has 0 spiro atoms. The van der Waals surface area contributed by atoms with Crippen LogP contribution < -0.4 is 19.5 Å². The van der Waals surface area contributed by atoms with E-state index in [2.05, 4.69) is 16.7 Å². The lowest BCUT2D eigenvalue weighted by Crippen LogP contribution is -2.36. The molecule has 0 radical (unpaired) electrons. The van der Waals surface area contributed by atoms with Crippen LogP contribution in [0.2, 0.25) is 0 Å². The molecule has 0 saturated carbocycles. The standard InChI is InChI=1S/C27H25N5O4S/c1-17(2)32-15-26(36-31-32)30-25(33)16-37-27-22(14-28)20(13-23(29-27)18-8-6-5-7-9-18)21-12-19(34-3)10-11-24(21)35-4/h5-13,15,17H,16H2,1-4H3/p+1. The maximum Gasteiger partial charge on any atom is 0.302 e. The quantitative estimate of drug-likeness (QED) is 0.247. The number of aromatic nitrogens is 3. The number of carbonyl (C=O) groups excluding carboxylic acids is 1. The van der Waals surface area contributed by atoms with Crippen LogP contribution in [-0.2, 0) is 4.79 Å². The van der Waals surface area contributed by atoms with Gasteiger partial charge in [0, 0.05) is 16.7 Å². The molecule has 2 aromatic heterocycles. The van der Waals surface area contributed by atoms with E-state index in [-0.39, 0.29) is 23.6 Å². The fraction of sp³-hybridized carbons (Fsp3) is 0.222. The van der Waals surface area contributed by atoms with E-state index in [1.54, 1.807) is 37.2 Å². The van der Waals surface area contributed by atoms with Gasteiger partial charge in [0.25, 0.3) is 6.20 Å². The van der Waals surface area contributed by atoms with Gasteiger partial charge >= 0.3 is 5.88 Å². The number of nitriles is 1. The molecule has 9 nitrogen and oxygen atoms in total. The van der Waals surface area contributed by atoms with E-state index in [9.17, 15) is 10.1 Å². The molecule has 4 rings (SSSR count). The molecule has 10 heteroatoms. The molecule has 37 heavy (non-hydrogen) atoms. The first kappa shape index (κ1) is 25.7. The third-order valence-electron chi connectivity index (χ3n) is 5.48. The molecule has 0 saturated heterocycles. The smallest absolute Gasteiger partial charge is 0.302 e. The van der Waals surface area contributed by atoms with Gasteiger partial charge in [-0.15, -0.1) is 0 Å². The maximum atomic E-state index is 12.7. The second-order valence-electron chi connectivity index (χ2n) is 8.26. The molecule has 0 atom stereocenters. The Kier molecular flexibility index (Phi) is 8.05. The van der Waals surface area contributed by atoms with Gasteiger partial charge in [-0.05, 0) is 42.8 Å². The number of carbonyl (C=O) groups is 1. The average Bonchev–Trinajstić information content (AvgIpc) is 3.40. The Balaban J connectivity index is 1.72. The number of rotatable bonds is 9. The number of pyridine rings is 1. The van der Waals surface area contributed by atoms with Crippen LogP contribution in [0.4, 0.5) is 5.88 Å². The monoisotopic (exact) mass is 516 g/mol. The largest absolute Gasteiger partial charge is 0.497 e. The van der Waals surface area contributed by atoms with Crippen LogP contribution in [-0.4, -0.2) is 36.1 Å². The maximum absolute atomic E-state index is 12.7. The molecular formula is C27H26N5O4S+. The predicted octanol–water partition coefficient (Wildman–Crippen LogP) is 4.89. The summed E-state index contributed by atoms with van der Waals surface area (Å²) in [4.78, 5) is 17.4. The Bertz CT molecular complexity index is 1450. The summed E-state index contributed by atoms with van der Waals surface area (Å²) >= 11 is 1.17. The van der Waals surface area contributed by atoms with Crippen molar-refractivity contribution in [3.8, 4) is 40.0 Å². The first-order valence-electron chi connectivity index (χ1n) is 11.5. The molecule has 4 aromatic rings. The van der Waals surface area contributed by atoms with Crippen LogP contribution in [0, 0.1) is 11.3 Å². The number of amides is 1. The molecule has 2 heterocycles. The number of ether oxygens (including phenoxy) is 2. The molecule has 0 aliphatic heterocycles. The lowest BCUT2D eigenvalue weighted by Gasteiger charge is -2.15. The Hall–Kier alpha value is -4.36. The van der Waals surface area contributed by atoms with Crippen LogP contribution in [0.5, 0.6) is 11.5 Å². The Labute approximate surface area is 219 Å². The van der Waals surface area contributed by atoms with Gasteiger partial charge in [0.15, 0.2) is 6.04 Å². The van der Waals surface area contributed by atoms with Gasteiger partial charge in [-0.2, -0.15) is 5.26 Å². The average molecular weight is 517 g/mol.